The average Bonchev–Trinajstić information content (AvgIpc) is 3.21. The molecule has 4 rings (SSSR count). The Morgan fingerprint density at radius 2 is 1.89 bits per heavy atom. The van der Waals surface area contributed by atoms with Crippen molar-refractivity contribution in [2.24, 2.45) is 0 Å². The van der Waals surface area contributed by atoms with Gasteiger partial charge in [-0.05, 0) is 36.6 Å². The molecule has 13 heteroatoms. The van der Waals surface area contributed by atoms with Crippen LogP contribution in [0, 0.1) is 17.5 Å². The van der Waals surface area contributed by atoms with E-state index in [2.05, 4.69) is 20.9 Å². The van der Waals surface area contributed by atoms with Gasteiger partial charge in [0.1, 0.15) is 23.1 Å². The standard InChI is InChI=1S/C23H19F6N5O2/c24-16-8-14(31-20(36)7-12-3-1-5-15(22(12)26)23(27,28)29)9-17(25)21(16)18-11-34(33-32-18)10-13-4-2-6-19(35)30-13/h1,3,5,8-9,11,13H,2,4,6-7,10H2,(H,30,35)(H,31,36)/t13-/m1/s1. The first-order valence-corrected chi connectivity index (χ1v) is 10.8. The summed E-state index contributed by atoms with van der Waals surface area (Å²) in [6.45, 7) is 0.266. The minimum absolute atomic E-state index is 0.0860. The number of piperidine rings is 1. The van der Waals surface area contributed by atoms with Crippen LogP contribution in [0.25, 0.3) is 11.3 Å². The first kappa shape index (κ1) is 25.2. The summed E-state index contributed by atoms with van der Waals surface area (Å²) < 4.78 is 83.6. The number of halogens is 6. The number of amides is 2. The normalized spacial score (nSPS) is 16.1. The van der Waals surface area contributed by atoms with Gasteiger partial charge in [0.05, 0.1) is 30.3 Å². The van der Waals surface area contributed by atoms with Crippen LogP contribution in [0.1, 0.15) is 30.4 Å². The number of hydrogen-bond acceptors (Lipinski definition) is 4. The summed E-state index contributed by atoms with van der Waals surface area (Å²) in [4.78, 5) is 23.7. The van der Waals surface area contributed by atoms with Gasteiger partial charge in [-0.25, -0.2) is 17.9 Å². The number of nitrogens with zero attached hydrogens (tertiary/aromatic N) is 3. The lowest BCUT2D eigenvalue weighted by Crippen LogP contribution is -2.41. The first-order valence-electron chi connectivity index (χ1n) is 10.8. The maximum atomic E-state index is 14.7. The number of rotatable bonds is 6. The van der Waals surface area contributed by atoms with Crippen LogP contribution in [0.15, 0.2) is 36.5 Å². The molecule has 0 saturated carbocycles. The summed E-state index contributed by atoms with van der Waals surface area (Å²) >= 11 is 0. The number of carbonyl (C=O) groups excluding carboxylic acids is 2. The fourth-order valence-corrected chi connectivity index (χ4v) is 3.95. The molecule has 0 unspecified atom stereocenters. The Morgan fingerprint density at radius 1 is 1.17 bits per heavy atom. The molecule has 3 aromatic rings. The van der Waals surface area contributed by atoms with Crippen LogP contribution in [-0.2, 0) is 28.7 Å². The van der Waals surface area contributed by atoms with Crippen molar-refractivity contribution >= 4 is 17.5 Å². The molecular weight excluding hydrogens is 492 g/mol. The van der Waals surface area contributed by atoms with Gasteiger partial charge in [0.2, 0.25) is 11.8 Å². The number of carbonyl (C=O) groups is 2. The van der Waals surface area contributed by atoms with E-state index >= 15 is 0 Å². The molecule has 0 aliphatic carbocycles. The number of aromatic nitrogens is 3. The zero-order valence-electron chi connectivity index (χ0n) is 18.5. The number of benzene rings is 2. The molecular formula is C23H19F6N5O2. The summed E-state index contributed by atoms with van der Waals surface area (Å²) in [7, 11) is 0. The monoisotopic (exact) mass is 511 g/mol. The zero-order valence-corrected chi connectivity index (χ0v) is 18.5. The molecule has 190 valence electrons. The van der Waals surface area contributed by atoms with Gasteiger partial charge in [-0.2, -0.15) is 13.2 Å². The molecule has 1 saturated heterocycles. The van der Waals surface area contributed by atoms with Crippen LogP contribution >= 0.6 is 0 Å². The zero-order chi connectivity index (χ0) is 26.0. The smallest absolute Gasteiger partial charge is 0.352 e. The highest BCUT2D eigenvalue weighted by Gasteiger charge is 2.35. The van der Waals surface area contributed by atoms with Crippen LogP contribution in [-0.4, -0.2) is 32.9 Å². The van der Waals surface area contributed by atoms with Gasteiger partial charge in [-0.1, -0.05) is 17.3 Å². The third-order valence-corrected chi connectivity index (χ3v) is 5.58. The lowest BCUT2D eigenvalue weighted by Gasteiger charge is -2.22. The van der Waals surface area contributed by atoms with E-state index in [-0.39, 0.29) is 29.9 Å². The van der Waals surface area contributed by atoms with Crippen LogP contribution < -0.4 is 10.6 Å². The molecule has 36 heavy (non-hydrogen) atoms. The molecule has 0 bridgehead atoms. The summed E-state index contributed by atoms with van der Waals surface area (Å²) in [5.41, 5.74) is -2.98. The Balaban J connectivity index is 1.46. The largest absolute Gasteiger partial charge is 0.419 e. The van der Waals surface area contributed by atoms with Crippen molar-refractivity contribution in [3.63, 3.8) is 0 Å². The SMILES string of the molecule is O=C(Cc1cccc(C(F)(F)F)c1F)Nc1cc(F)c(-c2cn(C[C@H]3CCCC(=O)N3)nn2)c(F)c1. The van der Waals surface area contributed by atoms with Crippen molar-refractivity contribution in [3.05, 3.63) is 65.1 Å². The Kier molecular flexibility index (Phi) is 7.00. The molecule has 1 aliphatic rings. The average molecular weight is 511 g/mol. The van der Waals surface area contributed by atoms with Crippen LogP contribution in [0.3, 0.4) is 0 Å². The van der Waals surface area contributed by atoms with Gasteiger partial charge in [0.25, 0.3) is 0 Å². The minimum atomic E-state index is -4.94. The summed E-state index contributed by atoms with van der Waals surface area (Å²) in [5, 5.41) is 12.6. The molecule has 2 N–H and O–H groups in total. The van der Waals surface area contributed by atoms with Gasteiger partial charge >= 0.3 is 6.18 Å². The first-order chi connectivity index (χ1) is 17.0. The predicted molar refractivity (Wildman–Crippen MR) is 115 cm³/mol. The molecule has 0 radical (unpaired) electrons. The Bertz CT molecular complexity index is 1280. The van der Waals surface area contributed by atoms with Gasteiger partial charge in [0.15, 0.2) is 0 Å². The molecule has 2 heterocycles. The van der Waals surface area contributed by atoms with Gasteiger partial charge in [-0.3, -0.25) is 9.59 Å². The second-order valence-corrected chi connectivity index (χ2v) is 8.30. The topological polar surface area (TPSA) is 88.9 Å². The molecule has 1 aromatic heterocycles. The summed E-state index contributed by atoms with van der Waals surface area (Å²) in [6.07, 6.45) is -2.53. The number of anilines is 1. The Hall–Kier alpha value is -3.90. The predicted octanol–water partition coefficient (Wildman–Crippen LogP) is 4.23. The van der Waals surface area contributed by atoms with E-state index in [1.54, 1.807) is 0 Å². The Morgan fingerprint density at radius 3 is 2.56 bits per heavy atom. The Labute approximate surface area is 200 Å². The molecule has 1 aliphatic heterocycles. The van der Waals surface area contributed by atoms with E-state index in [4.69, 9.17) is 0 Å². The second-order valence-electron chi connectivity index (χ2n) is 8.30. The van der Waals surface area contributed by atoms with Crippen LogP contribution in [0.2, 0.25) is 0 Å². The van der Waals surface area contributed by atoms with E-state index < -0.39 is 52.6 Å². The fourth-order valence-electron chi connectivity index (χ4n) is 3.95. The van der Waals surface area contributed by atoms with Crippen molar-refractivity contribution in [2.75, 3.05) is 5.32 Å². The van der Waals surface area contributed by atoms with Gasteiger partial charge in [-0.15, -0.1) is 5.10 Å². The van der Waals surface area contributed by atoms with Crippen molar-refractivity contribution in [1.82, 2.24) is 20.3 Å². The van der Waals surface area contributed by atoms with Gasteiger partial charge in [0, 0.05) is 18.2 Å². The maximum absolute atomic E-state index is 14.7. The molecule has 7 nitrogen and oxygen atoms in total. The number of hydrogen-bond donors (Lipinski definition) is 2. The van der Waals surface area contributed by atoms with Crippen LogP contribution in [0.5, 0.6) is 0 Å². The fraction of sp³-hybridized carbons (Fsp3) is 0.304. The van der Waals surface area contributed by atoms with E-state index in [1.807, 2.05) is 0 Å². The molecule has 1 fully saturated rings. The highest BCUT2D eigenvalue weighted by molar-refractivity contribution is 5.92. The summed E-state index contributed by atoms with van der Waals surface area (Å²) in [5.74, 6) is -4.80. The third-order valence-electron chi connectivity index (χ3n) is 5.58. The van der Waals surface area contributed by atoms with E-state index in [0.717, 1.165) is 37.1 Å². The van der Waals surface area contributed by atoms with E-state index in [0.29, 0.717) is 12.5 Å². The van der Waals surface area contributed by atoms with Crippen molar-refractivity contribution in [2.45, 2.75) is 44.4 Å². The lowest BCUT2D eigenvalue weighted by atomic mass is 10.0. The second kappa shape index (κ2) is 9.99. The minimum Gasteiger partial charge on any atom is -0.352 e. The maximum Gasteiger partial charge on any atom is 0.419 e. The van der Waals surface area contributed by atoms with Crippen molar-refractivity contribution in [1.29, 1.82) is 0 Å². The summed E-state index contributed by atoms with van der Waals surface area (Å²) in [6, 6.07) is 3.93. The number of alkyl halides is 3. The molecule has 1 atom stereocenters. The molecule has 0 spiro atoms. The quantitative estimate of drug-likeness (QED) is 0.485. The van der Waals surface area contributed by atoms with Gasteiger partial charge < -0.3 is 10.6 Å². The van der Waals surface area contributed by atoms with Crippen LogP contribution in [0.4, 0.5) is 32.0 Å². The highest BCUT2D eigenvalue weighted by atomic mass is 19.4. The highest BCUT2D eigenvalue weighted by Crippen LogP contribution is 2.33. The van der Waals surface area contributed by atoms with Crippen molar-refractivity contribution < 1.29 is 35.9 Å². The van der Waals surface area contributed by atoms with E-state index in [1.165, 1.54) is 10.9 Å². The number of nitrogens with one attached hydrogen (secondary N) is 2. The third kappa shape index (κ3) is 5.66. The van der Waals surface area contributed by atoms with E-state index in [9.17, 15) is 35.9 Å². The lowest BCUT2D eigenvalue weighted by molar-refractivity contribution is -0.140. The van der Waals surface area contributed by atoms with Crippen molar-refractivity contribution in [3.8, 4) is 11.3 Å². The molecule has 2 amide bonds. The molecule has 2 aromatic carbocycles.